The molecule has 4 aromatic rings. The first-order valence-electron chi connectivity index (χ1n) is 9.99. The zero-order chi connectivity index (χ0) is 23.0. The second kappa shape index (κ2) is 10.1. The highest BCUT2D eigenvalue weighted by Gasteiger charge is 2.09. The van der Waals surface area contributed by atoms with Crippen molar-refractivity contribution in [2.24, 2.45) is 0 Å². The van der Waals surface area contributed by atoms with E-state index in [9.17, 15) is 14.4 Å². The van der Waals surface area contributed by atoms with Gasteiger partial charge in [0.15, 0.2) is 0 Å². The van der Waals surface area contributed by atoms with Crippen LogP contribution in [0, 0.1) is 0 Å². The van der Waals surface area contributed by atoms with Gasteiger partial charge in [-0.25, -0.2) is 0 Å². The summed E-state index contributed by atoms with van der Waals surface area (Å²) >= 11 is 0. The van der Waals surface area contributed by atoms with Crippen molar-refractivity contribution in [3.63, 3.8) is 0 Å². The third kappa shape index (κ3) is 5.71. The summed E-state index contributed by atoms with van der Waals surface area (Å²) in [5.74, 6) is 2.97. The van der Waals surface area contributed by atoms with E-state index in [1.165, 1.54) is 0 Å². The van der Waals surface area contributed by atoms with E-state index in [-0.39, 0.29) is 0 Å². The Balaban J connectivity index is 1.63. The monoisotopic (exact) mass is 438 g/mol. The van der Waals surface area contributed by atoms with E-state index in [0.717, 1.165) is 18.9 Å². The molecule has 162 valence electrons. The van der Waals surface area contributed by atoms with E-state index in [0.29, 0.717) is 51.2 Å². The van der Waals surface area contributed by atoms with Crippen molar-refractivity contribution in [2.75, 3.05) is 0 Å². The lowest BCUT2D eigenvalue weighted by Gasteiger charge is -2.13. The molecule has 0 saturated heterocycles. The summed E-state index contributed by atoms with van der Waals surface area (Å²) in [7, 11) is 0. The van der Waals surface area contributed by atoms with Crippen LogP contribution in [0.3, 0.4) is 0 Å². The number of carbonyl (C=O) groups is 3. The van der Waals surface area contributed by atoms with Gasteiger partial charge in [0.2, 0.25) is 0 Å². The number of rotatable bonds is 9. The van der Waals surface area contributed by atoms with Gasteiger partial charge in [-0.1, -0.05) is 0 Å². The number of aldehydes is 3. The fourth-order valence-corrected chi connectivity index (χ4v) is 2.97. The highest BCUT2D eigenvalue weighted by atomic mass is 16.5. The molecule has 0 heterocycles. The first-order valence-corrected chi connectivity index (χ1v) is 9.99. The van der Waals surface area contributed by atoms with Crippen molar-refractivity contribution in [3.05, 3.63) is 108 Å². The summed E-state index contributed by atoms with van der Waals surface area (Å²) in [5.41, 5.74) is 1.63. The van der Waals surface area contributed by atoms with Crippen molar-refractivity contribution in [1.82, 2.24) is 0 Å². The van der Waals surface area contributed by atoms with Crippen LogP contribution in [0.25, 0.3) is 0 Å². The summed E-state index contributed by atoms with van der Waals surface area (Å²) in [6.07, 6.45) is 2.28. The van der Waals surface area contributed by atoms with Gasteiger partial charge in [-0.2, -0.15) is 0 Å². The van der Waals surface area contributed by atoms with Crippen molar-refractivity contribution >= 4 is 18.9 Å². The molecular weight excluding hydrogens is 420 g/mol. The molecule has 0 bridgehead atoms. The van der Waals surface area contributed by atoms with E-state index < -0.39 is 0 Å². The minimum Gasteiger partial charge on any atom is -0.457 e. The maximum absolute atomic E-state index is 10.9. The molecule has 0 N–H and O–H groups in total. The van der Waals surface area contributed by atoms with Gasteiger partial charge in [0.05, 0.1) is 0 Å². The Bertz CT molecular complexity index is 1090. The Labute approximate surface area is 190 Å². The predicted molar refractivity (Wildman–Crippen MR) is 122 cm³/mol. The molecule has 0 atom stereocenters. The molecule has 0 amide bonds. The van der Waals surface area contributed by atoms with Gasteiger partial charge < -0.3 is 14.2 Å². The fraction of sp³-hybridized carbons (Fsp3) is 0. The summed E-state index contributed by atoms with van der Waals surface area (Å²) in [6.45, 7) is 0. The van der Waals surface area contributed by atoms with E-state index in [1.54, 1.807) is 91.0 Å². The Morgan fingerprint density at radius 2 is 0.606 bits per heavy atom. The molecule has 0 radical (unpaired) electrons. The predicted octanol–water partition coefficient (Wildman–Crippen LogP) is 6.50. The van der Waals surface area contributed by atoms with Gasteiger partial charge in [0.1, 0.15) is 53.4 Å². The van der Waals surface area contributed by atoms with E-state index in [2.05, 4.69) is 0 Å². The quantitative estimate of drug-likeness (QED) is 0.278. The van der Waals surface area contributed by atoms with E-state index in [4.69, 9.17) is 14.2 Å². The average Bonchev–Trinajstić information content (AvgIpc) is 2.85. The molecule has 33 heavy (non-hydrogen) atoms. The average molecular weight is 438 g/mol. The van der Waals surface area contributed by atoms with Gasteiger partial charge in [-0.15, -0.1) is 0 Å². The van der Waals surface area contributed by atoms with Crippen LogP contribution in [0.15, 0.2) is 91.0 Å². The zero-order valence-electron chi connectivity index (χ0n) is 17.3. The Hall–Kier alpha value is -4.71. The highest BCUT2D eigenvalue weighted by Crippen LogP contribution is 2.35. The number of benzene rings is 4. The molecule has 0 aliphatic carbocycles. The van der Waals surface area contributed by atoms with E-state index >= 15 is 0 Å². The highest BCUT2D eigenvalue weighted by molar-refractivity contribution is 5.75. The standard InChI is InChI=1S/C27H18O6/c28-16-19-1-7-22(8-2-19)31-25-13-26(32-23-9-3-20(17-29)4-10-23)15-27(14-25)33-24-11-5-21(18-30)6-12-24/h1-18H. The Morgan fingerprint density at radius 1 is 0.364 bits per heavy atom. The third-order valence-electron chi connectivity index (χ3n) is 4.61. The van der Waals surface area contributed by atoms with Crippen molar-refractivity contribution in [1.29, 1.82) is 0 Å². The lowest BCUT2D eigenvalue weighted by atomic mass is 10.2. The Morgan fingerprint density at radius 3 is 0.818 bits per heavy atom. The normalized spacial score (nSPS) is 10.2. The number of hydrogen-bond acceptors (Lipinski definition) is 6. The van der Waals surface area contributed by atoms with Crippen LogP contribution in [0.1, 0.15) is 31.1 Å². The van der Waals surface area contributed by atoms with Crippen LogP contribution in [0.4, 0.5) is 0 Å². The number of carbonyl (C=O) groups excluding carboxylic acids is 3. The van der Waals surface area contributed by atoms with Gasteiger partial charge in [0.25, 0.3) is 0 Å². The fourth-order valence-electron chi connectivity index (χ4n) is 2.97. The molecule has 0 aliphatic rings. The zero-order valence-corrected chi connectivity index (χ0v) is 17.3. The first-order chi connectivity index (χ1) is 16.1. The summed E-state index contributed by atoms with van der Waals surface area (Å²) < 4.78 is 17.8. The van der Waals surface area contributed by atoms with Crippen LogP contribution in [0.2, 0.25) is 0 Å². The Kier molecular flexibility index (Phi) is 6.56. The van der Waals surface area contributed by atoms with Crippen LogP contribution in [0.5, 0.6) is 34.5 Å². The van der Waals surface area contributed by atoms with Crippen LogP contribution < -0.4 is 14.2 Å². The van der Waals surface area contributed by atoms with Crippen LogP contribution in [-0.4, -0.2) is 18.9 Å². The molecule has 4 rings (SSSR count). The van der Waals surface area contributed by atoms with Crippen molar-refractivity contribution in [3.8, 4) is 34.5 Å². The molecule has 0 unspecified atom stereocenters. The largest absolute Gasteiger partial charge is 0.457 e. The minimum atomic E-state index is 0.454. The molecule has 0 fully saturated rings. The van der Waals surface area contributed by atoms with Gasteiger partial charge >= 0.3 is 0 Å². The van der Waals surface area contributed by atoms with Crippen molar-refractivity contribution < 1.29 is 28.6 Å². The number of hydrogen-bond donors (Lipinski definition) is 0. The molecule has 4 aromatic carbocycles. The van der Waals surface area contributed by atoms with Crippen molar-refractivity contribution in [2.45, 2.75) is 0 Å². The van der Waals surface area contributed by atoms with Gasteiger partial charge in [-0.3, -0.25) is 14.4 Å². The lowest BCUT2D eigenvalue weighted by molar-refractivity contribution is 0.111. The smallest absolute Gasteiger partial charge is 0.150 e. The first kappa shape index (κ1) is 21.5. The molecule has 6 nitrogen and oxygen atoms in total. The molecule has 0 aromatic heterocycles. The molecular formula is C27H18O6. The lowest BCUT2D eigenvalue weighted by Crippen LogP contribution is -1.92. The SMILES string of the molecule is O=Cc1ccc(Oc2cc(Oc3ccc(C=O)cc3)cc(Oc3ccc(C=O)cc3)c2)cc1. The maximum atomic E-state index is 10.9. The van der Waals surface area contributed by atoms with Gasteiger partial charge in [0, 0.05) is 34.9 Å². The van der Waals surface area contributed by atoms with Gasteiger partial charge in [-0.05, 0) is 72.8 Å². The van der Waals surface area contributed by atoms with E-state index in [1.807, 2.05) is 0 Å². The topological polar surface area (TPSA) is 78.9 Å². The molecule has 0 saturated carbocycles. The second-order valence-electron chi connectivity index (χ2n) is 7.01. The van der Waals surface area contributed by atoms with Crippen LogP contribution in [-0.2, 0) is 0 Å². The maximum Gasteiger partial charge on any atom is 0.150 e. The summed E-state index contributed by atoms with van der Waals surface area (Å²) in [5, 5.41) is 0. The molecule has 0 spiro atoms. The summed E-state index contributed by atoms with van der Waals surface area (Å²) in [4.78, 5) is 32.6. The summed E-state index contributed by atoms with van der Waals surface area (Å²) in [6, 6.07) is 25.2. The minimum absolute atomic E-state index is 0.454. The molecule has 0 aliphatic heterocycles. The second-order valence-corrected chi connectivity index (χ2v) is 7.01. The molecule has 6 heteroatoms. The number of ether oxygens (including phenoxy) is 3. The van der Waals surface area contributed by atoms with Crippen LogP contribution >= 0.6 is 0 Å². The third-order valence-corrected chi connectivity index (χ3v) is 4.61.